The van der Waals surface area contributed by atoms with E-state index in [1.165, 1.54) is 18.4 Å². The molecule has 2 N–H and O–H groups in total. The van der Waals surface area contributed by atoms with Crippen LogP contribution in [0.4, 0.5) is 4.39 Å². The van der Waals surface area contributed by atoms with Crippen molar-refractivity contribution in [2.45, 2.75) is 50.2 Å². The maximum atomic E-state index is 12.3. The second-order valence-corrected chi connectivity index (χ2v) is 6.47. The number of hydrogen-bond donors (Lipinski definition) is 2. The van der Waals surface area contributed by atoms with Crippen LogP contribution in [0.1, 0.15) is 50.1 Å². The van der Waals surface area contributed by atoms with Crippen LogP contribution in [0.2, 0.25) is 0 Å². The molecule has 1 aliphatic heterocycles. The number of ether oxygens (including phenoxy) is 1. The SMILES string of the molecule is CN=C(NCCCF)NC1CC2(CCCC2)Oc2ccccc21. The Morgan fingerprint density at radius 2 is 2.13 bits per heavy atom. The largest absolute Gasteiger partial charge is 0.487 e. The fraction of sp³-hybridized carbons (Fsp3) is 0.611. The average molecular weight is 319 g/mol. The van der Waals surface area contributed by atoms with Crippen LogP contribution in [-0.2, 0) is 0 Å². The molecule has 0 aromatic heterocycles. The van der Waals surface area contributed by atoms with Crippen LogP contribution in [0, 0.1) is 0 Å². The zero-order valence-corrected chi connectivity index (χ0v) is 13.8. The van der Waals surface area contributed by atoms with Crippen LogP contribution < -0.4 is 15.4 Å². The van der Waals surface area contributed by atoms with Gasteiger partial charge in [0.1, 0.15) is 11.4 Å². The lowest BCUT2D eigenvalue weighted by molar-refractivity contribution is 0.0396. The molecule has 0 amide bonds. The second kappa shape index (κ2) is 7.20. The highest BCUT2D eigenvalue weighted by Crippen LogP contribution is 2.46. The quantitative estimate of drug-likeness (QED) is 0.508. The van der Waals surface area contributed by atoms with E-state index in [2.05, 4.69) is 27.8 Å². The lowest BCUT2D eigenvalue weighted by atomic mass is 9.86. The van der Waals surface area contributed by atoms with E-state index in [0.717, 1.165) is 31.0 Å². The molecule has 2 aliphatic rings. The molecule has 126 valence electrons. The number of aliphatic imine (C=N–C) groups is 1. The maximum Gasteiger partial charge on any atom is 0.191 e. The summed E-state index contributed by atoms with van der Waals surface area (Å²) >= 11 is 0. The highest BCUT2D eigenvalue weighted by atomic mass is 19.1. The Kier molecular flexibility index (Phi) is 5.03. The first kappa shape index (κ1) is 16.1. The van der Waals surface area contributed by atoms with Crippen LogP contribution in [-0.4, -0.2) is 31.8 Å². The first-order valence-corrected chi connectivity index (χ1v) is 8.57. The summed E-state index contributed by atoms with van der Waals surface area (Å²) in [5.74, 6) is 1.71. The standard InChI is InChI=1S/C18H26FN3O/c1-20-17(21-12-6-11-19)22-15-13-18(9-4-5-10-18)23-16-8-3-2-7-14(15)16/h2-3,7-8,15H,4-6,9-13H2,1H3,(H2,20,21,22). The van der Waals surface area contributed by atoms with Crippen molar-refractivity contribution in [1.29, 1.82) is 0 Å². The van der Waals surface area contributed by atoms with E-state index in [1.54, 1.807) is 7.05 Å². The number of hydrogen-bond acceptors (Lipinski definition) is 2. The summed E-state index contributed by atoms with van der Waals surface area (Å²) < 4.78 is 18.7. The third-order valence-corrected chi connectivity index (χ3v) is 4.85. The van der Waals surface area contributed by atoms with Crippen LogP contribution in [0.5, 0.6) is 5.75 Å². The number of halogens is 1. The van der Waals surface area contributed by atoms with Gasteiger partial charge in [0.2, 0.25) is 0 Å². The normalized spacial score (nSPS) is 22.5. The van der Waals surface area contributed by atoms with Gasteiger partial charge in [0.15, 0.2) is 5.96 Å². The smallest absolute Gasteiger partial charge is 0.191 e. The predicted octanol–water partition coefficient (Wildman–Crippen LogP) is 3.35. The number of nitrogens with zero attached hydrogens (tertiary/aromatic N) is 1. The number of nitrogens with one attached hydrogen (secondary N) is 2. The van der Waals surface area contributed by atoms with Crippen molar-refractivity contribution in [3.8, 4) is 5.75 Å². The zero-order valence-electron chi connectivity index (χ0n) is 13.8. The van der Waals surface area contributed by atoms with Gasteiger partial charge in [-0.15, -0.1) is 0 Å². The van der Waals surface area contributed by atoms with Gasteiger partial charge in [0.05, 0.1) is 12.7 Å². The third-order valence-electron chi connectivity index (χ3n) is 4.85. The molecule has 3 rings (SSSR count). The summed E-state index contributed by atoms with van der Waals surface area (Å²) in [6, 6.07) is 8.42. The zero-order chi connectivity index (χ0) is 16.1. The van der Waals surface area contributed by atoms with E-state index in [1.807, 2.05) is 12.1 Å². The van der Waals surface area contributed by atoms with Gasteiger partial charge >= 0.3 is 0 Å². The van der Waals surface area contributed by atoms with Crippen molar-refractivity contribution in [2.24, 2.45) is 4.99 Å². The predicted molar refractivity (Wildman–Crippen MR) is 90.7 cm³/mol. The Balaban J connectivity index is 1.76. The minimum absolute atomic E-state index is 0.0379. The van der Waals surface area contributed by atoms with Gasteiger partial charge in [-0.05, 0) is 38.2 Å². The van der Waals surface area contributed by atoms with Gasteiger partial charge in [-0.2, -0.15) is 0 Å². The first-order valence-electron chi connectivity index (χ1n) is 8.57. The molecular formula is C18H26FN3O. The molecule has 1 unspecified atom stereocenters. The summed E-state index contributed by atoms with van der Waals surface area (Å²) in [5.41, 5.74) is 1.14. The van der Waals surface area contributed by atoms with Crippen LogP contribution in [0.25, 0.3) is 0 Å². The molecular weight excluding hydrogens is 293 g/mol. The van der Waals surface area contributed by atoms with Crippen molar-refractivity contribution in [3.05, 3.63) is 29.8 Å². The van der Waals surface area contributed by atoms with Crippen molar-refractivity contribution in [1.82, 2.24) is 10.6 Å². The van der Waals surface area contributed by atoms with Crippen molar-refractivity contribution < 1.29 is 9.13 Å². The van der Waals surface area contributed by atoms with Crippen LogP contribution >= 0.6 is 0 Å². The molecule has 1 aromatic carbocycles. The molecule has 0 radical (unpaired) electrons. The molecule has 1 saturated carbocycles. The van der Waals surface area contributed by atoms with Gasteiger partial charge in [-0.25, -0.2) is 0 Å². The fourth-order valence-corrected chi connectivity index (χ4v) is 3.71. The van der Waals surface area contributed by atoms with Gasteiger partial charge in [-0.1, -0.05) is 18.2 Å². The molecule has 1 atom stereocenters. The highest BCUT2D eigenvalue weighted by molar-refractivity contribution is 5.80. The molecule has 5 heteroatoms. The number of rotatable bonds is 4. The van der Waals surface area contributed by atoms with Crippen LogP contribution in [0.15, 0.2) is 29.3 Å². The molecule has 23 heavy (non-hydrogen) atoms. The Hall–Kier alpha value is -1.78. The fourth-order valence-electron chi connectivity index (χ4n) is 3.71. The topological polar surface area (TPSA) is 45.7 Å². The van der Waals surface area contributed by atoms with Crippen molar-refractivity contribution in [2.75, 3.05) is 20.3 Å². The number of guanidine groups is 1. The Morgan fingerprint density at radius 3 is 2.87 bits per heavy atom. The Labute approximate surface area is 137 Å². The van der Waals surface area contributed by atoms with Gasteiger partial charge in [0, 0.05) is 25.6 Å². The van der Waals surface area contributed by atoms with E-state index in [9.17, 15) is 4.39 Å². The third kappa shape index (κ3) is 3.59. The van der Waals surface area contributed by atoms with E-state index in [4.69, 9.17) is 4.74 Å². The number of alkyl halides is 1. The summed E-state index contributed by atoms with van der Waals surface area (Å²) in [4.78, 5) is 4.27. The molecule has 0 bridgehead atoms. The summed E-state index contributed by atoms with van der Waals surface area (Å²) in [6.07, 6.45) is 6.15. The average Bonchev–Trinajstić information content (AvgIpc) is 3.01. The number of para-hydroxylation sites is 1. The van der Waals surface area contributed by atoms with Crippen LogP contribution in [0.3, 0.4) is 0 Å². The minimum atomic E-state index is -0.312. The van der Waals surface area contributed by atoms with Crippen molar-refractivity contribution >= 4 is 5.96 Å². The number of benzene rings is 1. The Bertz CT molecular complexity index is 555. The monoisotopic (exact) mass is 319 g/mol. The van der Waals surface area contributed by atoms with Gasteiger partial charge in [0.25, 0.3) is 0 Å². The summed E-state index contributed by atoms with van der Waals surface area (Å²) in [5, 5.41) is 6.69. The van der Waals surface area contributed by atoms with Crippen molar-refractivity contribution in [3.63, 3.8) is 0 Å². The molecule has 1 spiro atoms. The molecule has 1 fully saturated rings. The minimum Gasteiger partial charge on any atom is -0.487 e. The summed E-state index contributed by atoms with van der Waals surface area (Å²) in [7, 11) is 1.75. The maximum absolute atomic E-state index is 12.3. The molecule has 1 heterocycles. The highest BCUT2D eigenvalue weighted by Gasteiger charge is 2.43. The van der Waals surface area contributed by atoms with E-state index >= 15 is 0 Å². The second-order valence-electron chi connectivity index (χ2n) is 6.47. The molecule has 0 saturated heterocycles. The molecule has 1 aliphatic carbocycles. The van der Waals surface area contributed by atoms with E-state index in [-0.39, 0.29) is 18.3 Å². The molecule has 4 nitrogen and oxygen atoms in total. The lowest BCUT2D eigenvalue weighted by Crippen LogP contribution is -2.46. The van der Waals surface area contributed by atoms with E-state index < -0.39 is 0 Å². The van der Waals surface area contributed by atoms with E-state index in [0.29, 0.717) is 13.0 Å². The first-order chi connectivity index (χ1) is 11.3. The van der Waals surface area contributed by atoms with Gasteiger partial charge in [-0.3, -0.25) is 9.38 Å². The summed E-state index contributed by atoms with van der Waals surface area (Å²) in [6.45, 7) is 0.277. The lowest BCUT2D eigenvalue weighted by Gasteiger charge is -2.40. The van der Waals surface area contributed by atoms with Gasteiger partial charge < -0.3 is 15.4 Å². The Morgan fingerprint density at radius 1 is 1.35 bits per heavy atom. The number of fused-ring (bicyclic) bond motifs is 1. The molecule has 1 aromatic rings.